The fourth-order valence-electron chi connectivity index (χ4n) is 2.09. The summed E-state index contributed by atoms with van der Waals surface area (Å²) in [6.45, 7) is 0. The average molecular weight is 268 g/mol. The van der Waals surface area contributed by atoms with Crippen LogP contribution in [0.3, 0.4) is 0 Å². The number of benzene rings is 1. The SMILES string of the molecule is COc1cccc(-c2ccnc3c(C(N)=O)ncn23)c1. The Morgan fingerprint density at radius 1 is 1.30 bits per heavy atom. The monoisotopic (exact) mass is 268 g/mol. The molecule has 1 amide bonds. The van der Waals surface area contributed by atoms with Crippen LogP contribution in [0.5, 0.6) is 5.75 Å². The Labute approximate surface area is 114 Å². The van der Waals surface area contributed by atoms with Gasteiger partial charge >= 0.3 is 0 Å². The first-order chi connectivity index (χ1) is 9.70. The molecule has 0 unspecified atom stereocenters. The van der Waals surface area contributed by atoms with Crippen LogP contribution in [0.25, 0.3) is 16.9 Å². The van der Waals surface area contributed by atoms with Gasteiger partial charge in [0.25, 0.3) is 5.91 Å². The Morgan fingerprint density at radius 2 is 2.15 bits per heavy atom. The van der Waals surface area contributed by atoms with Gasteiger partial charge in [0.15, 0.2) is 11.3 Å². The van der Waals surface area contributed by atoms with Crippen molar-refractivity contribution in [3.05, 3.63) is 48.5 Å². The van der Waals surface area contributed by atoms with E-state index in [0.29, 0.717) is 5.65 Å². The van der Waals surface area contributed by atoms with Crippen LogP contribution >= 0.6 is 0 Å². The molecule has 0 aliphatic heterocycles. The Bertz CT molecular complexity index is 795. The summed E-state index contributed by atoms with van der Waals surface area (Å²) >= 11 is 0. The predicted octanol–water partition coefficient (Wildman–Crippen LogP) is 1.50. The van der Waals surface area contributed by atoms with Crippen molar-refractivity contribution < 1.29 is 9.53 Å². The molecule has 0 aliphatic rings. The summed E-state index contributed by atoms with van der Waals surface area (Å²) in [6, 6.07) is 9.45. The summed E-state index contributed by atoms with van der Waals surface area (Å²) < 4.78 is 6.95. The van der Waals surface area contributed by atoms with Gasteiger partial charge in [-0.2, -0.15) is 0 Å². The Kier molecular flexibility index (Phi) is 2.83. The summed E-state index contributed by atoms with van der Waals surface area (Å²) in [7, 11) is 1.61. The largest absolute Gasteiger partial charge is 0.497 e. The highest BCUT2D eigenvalue weighted by Crippen LogP contribution is 2.24. The Morgan fingerprint density at radius 3 is 2.90 bits per heavy atom. The Balaban J connectivity index is 2.23. The summed E-state index contributed by atoms with van der Waals surface area (Å²) in [5.41, 5.74) is 7.68. The van der Waals surface area contributed by atoms with Crippen molar-refractivity contribution >= 4 is 11.6 Å². The Hall–Kier alpha value is -2.89. The highest BCUT2D eigenvalue weighted by atomic mass is 16.5. The van der Waals surface area contributed by atoms with Crippen molar-refractivity contribution in [1.82, 2.24) is 14.4 Å². The number of fused-ring (bicyclic) bond motifs is 1. The number of primary amides is 1. The van der Waals surface area contributed by atoms with Crippen molar-refractivity contribution in [2.45, 2.75) is 0 Å². The smallest absolute Gasteiger partial charge is 0.271 e. The number of rotatable bonds is 3. The maximum atomic E-state index is 11.3. The average Bonchev–Trinajstić information content (AvgIpc) is 2.91. The second kappa shape index (κ2) is 4.65. The maximum absolute atomic E-state index is 11.3. The van der Waals surface area contributed by atoms with Gasteiger partial charge in [0.1, 0.15) is 12.1 Å². The fourth-order valence-corrected chi connectivity index (χ4v) is 2.09. The lowest BCUT2D eigenvalue weighted by atomic mass is 10.1. The molecule has 0 fully saturated rings. The maximum Gasteiger partial charge on any atom is 0.271 e. The number of methoxy groups -OCH3 is 1. The molecule has 100 valence electrons. The third-order valence-electron chi connectivity index (χ3n) is 3.03. The molecule has 2 heterocycles. The van der Waals surface area contributed by atoms with Crippen LogP contribution in [0.15, 0.2) is 42.9 Å². The van der Waals surface area contributed by atoms with Crippen molar-refractivity contribution in [1.29, 1.82) is 0 Å². The summed E-state index contributed by atoms with van der Waals surface area (Å²) in [4.78, 5) is 19.5. The van der Waals surface area contributed by atoms with E-state index in [-0.39, 0.29) is 5.69 Å². The highest BCUT2D eigenvalue weighted by molar-refractivity contribution is 5.97. The number of nitrogens with two attached hydrogens (primary N) is 1. The quantitative estimate of drug-likeness (QED) is 0.780. The number of imidazole rings is 1. The lowest BCUT2D eigenvalue weighted by molar-refractivity contribution is 0.0997. The summed E-state index contributed by atoms with van der Waals surface area (Å²) in [5, 5.41) is 0. The molecule has 6 heteroatoms. The number of hydrogen-bond donors (Lipinski definition) is 1. The van der Waals surface area contributed by atoms with Gasteiger partial charge in [0.05, 0.1) is 12.8 Å². The van der Waals surface area contributed by atoms with Gasteiger partial charge in [0.2, 0.25) is 0 Å². The zero-order valence-corrected chi connectivity index (χ0v) is 10.8. The molecule has 2 aromatic heterocycles. The number of aromatic nitrogens is 3. The van der Waals surface area contributed by atoms with E-state index in [1.54, 1.807) is 17.7 Å². The van der Waals surface area contributed by atoms with E-state index >= 15 is 0 Å². The molecular weight excluding hydrogens is 256 g/mol. The first-order valence-electron chi connectivity index (χ1n) is 5.97. The van der Waals surface area contributed by atoms with E-state index in [0.717, 1.165) is 17.0 Å². The van der Waals surface area contributed by atoms with E-state index in [1.165, 1.54) is 6.33 Å². The van der Waals surface area contributed by atoms with E-state index in [4.69, 9.17) is 10.5 Å². The lowest BCUT2D eigenvalue weighted by Gasteiger charge is -2.07. The van der Waals surface area contributed by atoms with Crippen LogP contribution in [0.4, 0.5) is 0 Å². The van der Waals surface area contributed by atoms with Crippen molar-refractivity contribution in [2.75, 3.05) is 7.11 Å². The number of amides is 1. The van der Waals surface area contributed by atoms with Crippen LogP contribution in [0.2, 0.25) is 0 Å². The minimum atomic E-state index is -0.595. The molecule has 0 aliphatic carbocycles. The molecule has 2 N–H and O–H groups in total. The normalized spacial score (nSPS) is 10.7. The molecule has 1 aromatic carbocycles. The van der Waals surface area contributed by atoms with E-state index in [9.17, 15) is 4.79 Å². The van der Waals surface area contributed by atoms with Crippen molar-refractivity contribution in [2.24, 2.45) is 5.73 Å². The van der Waals surface area contributed by atoms with Crippen LogP contribution in [0.1, 0.15) is 10.5 Å². The molecule has 0 saturated heterocycles. The minimum Gasteiger partial charge on any atom is -0.497 e. The van der Waals surface area contributed by atoms with Gasteiger partial charge in [-0.15, -0.1) is 0 Å². The summed E-state index contributed by atoms with van der Waals surface area (Å²) in [6.07, 6.45) is 3.16. The minimum absolute atomic E-state index is 0.162. The summed E-state index contributed by atoms with van der Waals surface area (Å²) in [5.74, 6) is 0.158. The standard InChI is InChI=1S/C14H12N4O2/c1-20-10-4-2-3-9(7-10)11-5-6-16-14-12(13(15)19)17-8-18(11)14/h2-8H,1H3,(H2,15,19). The van der Waals surface area contributed by atoms with Crippen molar-refractivity contribution in [3.8, 4) is 17.0 Å². The van der Waals surface area contributed by atoms with E-state index in [1.807, 2.05) is 30.3 Å². The fraction of sp³-hybridized carbons (Fsp3) is 0.0714. The van der Waals surface area contributed by atoms with Crippen LogP contribution in [-0.4, -0.2) is 27.4 Å². The van der Waals surface area contributed by atoms with Crippen molar-refractivity contribution in [3.63, 3.8) is 0 Å². The van der Waals surface area contributed by atoms with Gasteiger partial charge in [-0.25, -0.2) is 9.97 Å². The van der Waals surface area contributed by atoms with Gasteiger partial charge in [-0.3, -0.25) is 9.20 Å². The number of ether oxygens (including phenoxy) is 1. The zero-order valence-electron chi connectivity index (χ0n) is 10.8. The molecule has 0 spiro atoms. The molecule has 0 bridgehead atoms. The van der Waals surface area contributed by atoms with Crippen LogP contribution < -0.4 is 10.5 Å². The molecular formula is C14H12N4O2. The molecule has 0 saturated carbocycles. The molecule has 20 heavy (non-hydrogen) atoms. The molecule has 3 aromatic rings. The van der Waals surface area contributed by atoms with Gasteiger partial charge in [0, 0.05) is 11.8 Å². The number of hydrogen-bond acceptors (Lipinski definition) is 4. The molecule has 0 radical (unpaired) electrons. The first-order valence-corrected chi connectivity index (χ1v) is 5.97. The molecule has 6 nitrogen and oxygen atoms in total. The van der Waals surface area contributed by atoms with Gasteiger partial charge < -0.3 is 10.5 Å². The number of carbonyl (C=O) groups is 1. The predicted molar refractivity (Wildman–Crippen MR) is 73.5 cm³/mol. The third kappa shape index (κ3) is 1.87. The lowest BCUT2D eigenvalue weighted by Crippen LogP contribution is -2.12. The van der Waals surface area contributed by atoms with E-state index < -0.39 is 5.91 Å². The molecule has 3 rings (SSSR count). The first kappa shape index (κ1) is 12.2. The highest BCUT2D eigenvalue weighted by Gasteiger charge is 2.13. The van der Waals surface area contributed by atoms with Crippen LogP contribution in [-0.2, 0) is 0 Å². The second-order valence-corrected chi connectivity index (χ2v) is 4.21. The van der Waals surface area contributed by atoms with Gasteiger partial charge in [-0.05, 0) is 18.2 Å². The number of carbonyl (C=O) groups excluding carboxylic acids is 1. The van der Waals surface area contributed by atoms with Crippen LogP contribution in [0, 0.1) is 0 Å². The van der Waals surface area contributed by atoms with Gasteiger partial charge in [-0.1, -0.05) is 12.1 Å². The van der Waals surface area contributed by atoms with E-state index in [2.05, 4.69) is 9.97 Å². The zero-order chi connectivity index (χ0) is 14.1. The molecule has 0 atom stereocenters. The topological polar surface area (TPSA) is 82.5 Å². The third-order valence-corrected chi connectivity index (χ3v) is 3.03. The number of nitrogens with zero attached hydrogens (tertiary/aromatic N) is 3. The second-order valence-electron chi connectivity index (χ2n) is 4.21.